The fourth-order valence-corrected chi connectivity index (χ4v) is 3.05. The summed E-state index contributed by atoms with van der Waals surface area (Å²) >= 11 is 0. The quantitative estimate of drug-likeness (QED) is 0.939. The van der Waals surface area contributed by atoms with E-state index in [2.05, 4.69) is 20.3 Å². The lowest BCUT2D eigenvalue weighted by atomic mass is 9.97. The molecule has 0 radical (unpaired) electrons. The first-order valence-electron chi connectivity index (χ1n) is 8.32. The summed E-state index contributed by atoms with van der Waals surface area (Å²) in [6, 6.07) is 5.84. The summed E-state index contributed by atoms with van der Waals surface area (Å²) in [4.78, 5) is 27.2. The molecule has 1 amide bonds. The number of aryl methyl sites for hydroxylation is 2. The van der Waals surface area contributed by atoms with Gasteiger partial charge in [-0.1, -0.05) is 6.07 Å². The molecule has 1 atom stereocenters. The van der Waals surface area contributed by atoms with Gasteiger partial charge in [-0.05, 0) is 38.3 Å². The second-order valence-electron chi connectivity index (χ2n) is 6.35. The molecule has 0 spiro atoms. The number of aromatic nitrogens is 3. The predicted molar refractivity (Wildman–Crippen MR) is 93.3 cm³/mol. The van der Waals surface area contributed by atoms with Crippen molar-refractivity contribution in [1.29, 1.82) is 0 Å². The van der Waals surface area contributed by atoms with Crippen molar-refractivity contribution >= 4 is 17.5 Å². The molecule has 24 heavy (non-hydrogen) atoms. The zero-order valence-electron chi connectivity index (χ0n) is 14.4. The minimum Gasteiger partial charge on any atom is -0.342 e. The first-order valence-corrected chi connectivity index (χ1v) is 8.32. The number of hydrogen-bond acceptors (Lipinski definition) is 5. The van der Waals surface area contributed by atoms with Gasteiger partial charge in [0.05, 0.1) is 0 Å². The average molecular weight is 325 g/mol. The molecule has 0 unspecified atom stereocenters. The van der Waals surface area contributed by atoms with Gasteiger partial charge in [0.15, 0.2) is 0 Å². The van der Waals surface area contributed by atoms with Crippen LogP contribution in [0.2, 0.25) is 0 Å². The molecule has 0 aromatic carbocycles. The normalized spacial score (nSPS) is 17.6. The van der Waals surface area contributed by atoms with Gasteiger partial charge in [-0.2, -0.15) is 0 Å². The number of carbonyl (C=O) groups excluding carboxylic acids is 1. The molecule has 1 fully saturated rings. The van der Waals surface area contributed by atoms with E-state index in [0.29, 0.717) is 6.54 Å². The van der Waals surface area contributed by atoms with Gasteiger partial charge >= 0.3 is 0 Å². The molecule has 6 nitrogen and oxygen atoms in total. The Morgan fingerprint density at radius 1 is 1.33 bits per heavy atom. The Morgan fingerprint density at radius 2 is 2.17 bits per heavy atom. The van der Waals surface area contributed by atoms with Crippen molar-refractivity contribution < 1.29 is 4.79 Å². The van der Waals surface area contributed by atoms with Gasteiger partial charge in [0.25, 0.3) is 0 Å². The number of hydrogen-bond donors (Lipinski definition) is 1. The standard InChI is InChI=1S/C18H23N5O/c1-12-6-4-8-19-17(12)21-16-10-13(2)20-18(22-16)15-7-5-9-23(11-15)14(3)24/h4,6,8,10,15H,5,7,9,11H2,1-3H3,(H,19,20,21,22)/t15-/m0/s1. The van der Waals surface area contributed by atoms with Crippen LogP contribution >= 0.6 is 0 Å². The molecule has 0 saturated carbocycles. The molecule has 0 aliphatic carbocycles. The van der Waals surface area contributed by atoms with Crippen LogP contribution in [-0.2, 0) is 4.79 Å². The van der Waals surface area contributed by atoms with E-state index in [1.807, 2.05) is 36.9 Å². The van der Waals surface area contributed by atoms with Crippen molar-refractivity contribution in [3.8, 4) is 0 Å². The van der Waals surface area contributed by atoms with E-state index in [1.54, 1.807) is 13.1 Å². The summed E-state index contributed by atoms with van der Waals surface area (Å²) in [5.74, 6) is 2.66. The van der Waals surface area contributed by atoms with E-state index in [9.17, 15) is 4.79 Å². The maximum absolute atomic E-state index is 11.7. The highest BCUT2D eigenvalue weighted by Crippen LogP contribution is 2.26. The Kier molecular flexibility index (Phi) is 4.74. The van der Waals surface area contributed by atoms with Crippen molar-refractivity contribution in [2.75, 3.05) is 18.4 Å². The van der Waals surface area contributed by atoms with Crippen LogP contribution in [0.15, 0.2) is 24.4 Å². The second kappa shape index (κ2) is 6.95. The van der Waals surface area contributed by atoms with E-state index in [4.69, 9.17) is 0 Å². The van der Waals surface area contributed by atoms with Crippen LogP contribution in [-0.4, -0.2) is 38.8 Å². The zero-order valence-corrected chi connectivity index (χ0v) is 14.4. The number of carbonyl (C=O) groups is 1. The maximum Gasteiger partial charge on any atom is 0.219 e. The number of nitrogens with one attached hydrogen (secondary N) is 1. The van der Waals surface area contributed by atoms with E-state index in [-0.39, 0.29) is 11.8 Å². The molecule has 6 heteroatoms. The summed E-state index contributed by atoms with van der Waals surface area (Å²) in [6.45, 7) is 7.12. The third-order valence-corrected chi connectivity index (χ3v) is 4.36. The van der Waals surface area contributed by atoms with Crippen LogP contribution in [0.1, 0.15) is 42.8 Å². The smallest absolute Gasteiger partial charge is 0.219 e. The van der Waals surface area contributed by atoms with Crippen LogP contribution in [0.4, 0.5) is 11.6 Å². The van der Waals surface area contributed by atoms with E-state index >= 15 is 0 Å². The molecule has 1 N–H and O–H groups in total. The SMILES string of the molecule is CC(=O)N1CCC[C@H](c2nc(C)cc(Nc3ncccc3C)n2)C1. The van der Waals surface area contributed by atoms with Crippen LogP contribution in [0, 0.1) is 13.8 Å². The number of pyridine rings is 1. The van der Waals surface area contributed by atoms with E-state index < -0.39 is 0 Å². The molecule has 3 rings (SSSR count). The highest BCUT2D eigenvalue weighted by atomic mass is 16.2. The van der Waals surface area contributed by atoms with Crippen LogP contribution in [0.5, 0.6) is 0 Å². The van der Waals surface area contributed by atoms with Gasteiger partial charge in [-0.25, -0.2) is 15.0 Å². The molecular formula is C18H23N5O. The van der Waals surface area contributed by atoms with Gasteiger partial charge in [0, 0.05) is 43.9 Å². The van der Waals surface area contributed by atoms with Gasteiger partial charge in [-0.15, -0.1) is 0 Å². The van der Waals surface area contributed by atoms with Crippen molar-refractivity contribution in [2.45, 2.75) is 39.5 Å². The largest absolute Gasteiger partial charge is 0.342 e. The number of nitrogens with zero attached hydrogens (tertiary/aromatic N) is 4. The molecule has 3 heterocycles. The van der Waals surface area contributed by atoms with E-state index in [1.165, 1.54) is 0 Å². The third kappa shape index (κ3) is 3.69. The van der Waals surface area contributed by atoms with Crippen molar-refractivity contribution in [1.82, 2.24) is 19.9 Å². The van der Waals surface area contributed by atoms with E-state index in [0.717, 1.165) is 48.1 Å². The second-order valence-corrected chi connectivity index (χ2v) is 6.35. The Hall–Kier alpha value is -2.50. The van der Waals surface area contributed by atoms with Crippen LogP contribution < -0.4 is 5.32 Å². The highest BCUT2D eigenvalue weighted by Gasteiger charge is 2.25. The fourth-order valence-electron chi connectivity index (χ4n) is 3.05. The first-order chi connectivity index (χ1) is 11.5. The number of amides is 1. The molecule has 2 aromatic rings. The van der Waals surface area contributed by atoms with Crippen LogP contribution in [0.25, 0.3) is 0 Å². The Labute approximate surface area is 142 Å². The minimum atomic E-state index is 0.120. The first kappa shape index (κ1) is 16.4. The molecule has 1 aliphatic rings. The molecule has 126 valence electrons. The number of anilines is 2. The summed E-state index contributed by atoms with van der Waals surface area (Å²) in [7, 11) is 0. The number of likely N-dealkylation sites (tertiary alicyclic amines) is 1. The number of piperidine rings is 1. The van der Waals surface area contributed by atoms with Crippen LogP contribution in [0.3, 0.4) is 0 Å². The zero-order chi connectivity index (χ0) is 17.1. The van der Waals surface area contributed by atoms with Gasteiger partial charge in [0.1, 0.15) is 17.5 Å². The predicted octanol–water partition coefficient (Wildman–Crippen LogP) is 2.96. The molecule has 0 bridgehead atoms. The minimum absolute atomic E-state index is 0.120. The van der Waals surface area contributed by atoms with Crippen molar-refractivity contribution in [3.05, 3.63) is 41.5 Å². The number of rotatable bonds is 3. The van der Waals surface area contributed by atoms with Gasteiger partial charge in [-0.3, -0.25) is 4.79 Å². The Balaban J connectivity index is 1.84. The highest BCUT2D eigenvalue weighted by molar-refractivity contribution is 5.73. The molecular weight excluding hydrogens is 302 g/mol. The third-order valence-electron chi connectivity index (χ3n) is 4.36. The lowest BCUT2D eigenvalue weighted by molar-refractivity contribution is -0.130. The summed E-state index contributed by atoms with van der Waals surface area (Å²) in [5, 5.41) is 3.28. The maximum atomic E-state index is 11.7. The lowest BCUT2D eigenvalue weighted by Gasteiger charge is -2.31. The van der Waals surface area contributed by atoms with Gasteiger partial charge < -0.3 is 10.2 Å². The molecule has 1 saturated heterocycles. The monoisotopic (exact) mass is 325 g/mol. The Morgan fingerprint density at radius 3 is 2.92 bits per heavy atom. The fraction of sp³-hybridized carbons (Fsp3) is 0.444. The average Bonchev–Trinajstić information content (AvgIpc) is 2.56. The molecule has 2 aromatic heterocycles. The van der Waals surface area contributed by atoms with Crippen molar-refractivity contribution in [3.63, 3.8) is 0 Å². The summed E-state index contributed by atoms with van der Waals surface area (Å²) < 4.78 is 0. The van der Waals surface area contributed by atoms with Crippen molar-refractivity contribution in [2.24, 2.45) is 0 Å². The van der Waals surface area contributed by atoms with Gasteiger partial charge in [0.2, 0.25) is 5.91 Å². The molecule has 1 aliphatic heterocycles. The summed E-state index contributed by atoms with van der Waals surface area (Å²) in [5.41, 5.74) is 1.98. The topological polar surface area (TPSA) is 71.0 Å². The summed E-state index contributed by atoms with van der Waals surface area (Å²) in [6.07, 6.45) is 3.76. The Bertz CT molecular complexity index is 746. The lowest BCUT2D eigenvalue weighted by Crippen LogP contribution is -2.38.